The largest absolute Gasteiger partial charge is 0.435 e. The molecule has 2 aromatic carbocycles. The Balaban J connectivity index is 1.87. The fourth-order valence-electron chi connectivity index (χ4n) is 2.78. The highest BCUT2D eigenvalue weighted by Gasteiger charge is 2.36. The van der Waals surface area contributed by atoms with Crippen molar-refractivity contribution in [2.45, 2.75) is 32.5 Å². The molecule has 0 spiro atoms. The van der Waals surface area contributed by atoms with Crippen LogP contribution in [0.15, 0.2) is 54.6 Å². The molecule has 0 fully saturated rings. The number of hydrogen-bond acceptors (Lipinski definition) is 2. The molecule has 0 aliphatic carbocycles. The zero-order valence-electron chi connectivity index (χ0n) is 15.8. The Hall–Kier alpha value is -2.80. The quantitative estimate of drug-likeness (QED) is 0.583. The fraction of sp³-hybridized carbons (Fsp3) is 0.238. The Morgan fingerprint density at radius 2 is 1.79 bits per heavy atom. The number of para-hydroxylation sites is 1. The van der Waals surface area contributed by atoms with Crippen LogP contribution in [-0.4, -0.2) is 15.7 Å². The number of nitrogens with one attached hydrogen (secondary N) is 1. The van der Waals surface area contributed by atoms with Crippen molar-refractivity contribution in [3.8, 4) is 5.69 Å². The Labute approximate surface area is 171 Å². The van der Waals surface area contributed by atoms with Crippen LogP contribution in [0.1, 0.15) is 47.1 Å². The van der Waals surface area contributed by atoms with Gasteiger partial charge in [-0.25, -0.2) is 4.68 Å². The Kier molecular flexibility index (Phi) is 5.98. The van der Waals surface area contributed by atoms with Gasteiger partial charge in [0, 0.05) is 12.6 Å². The first-order valence-electron chi connectivity index (χ1n) is 8.96. The van der Waals surface area contributed by atoms with Crippen LogP contribution in [0, 0.1) is 0 Å². The van der Waals surface area contributed by atoms with Gasteiger partial charge in [-0.1, -0.05) is 61.8 Å². The number of carbonyl (C=O) groups excluding carboxylic acids is 1. The number of halogens is 4. The first-order valence-corrected chi connectivity index (χ1v) is 9.34. The number of rotatable bonds is 5. The number of amides is 1. The molecule has 1 aromatic heterocycles. The lowest BCUT2D eigenvalue weighted by molar-refractivity contribution is -0.141. The molecule has 0 aliphatic rings. The van der Waals surface area contributed by atoms with E-state index in [9.17, 15) is 18.0 Å². The lowest BCUT2D eigenvalue weighted by Gasteiger charge is -2.10. The topological polar surface area (TPSA) is 46.9 Å². The second kappa shape index (κ2) is 8.29. The molecule has 0 unspecified atom stereocenters. The Morgan fingerprint density at radius 3 is 2.38 bits per heavy atom. The van der Waals surface area contributed by atoms with E-state index in [0.717, 1.165) is 21.9 Å². The van der Waals surface area contributed by atoms with Crippen molar-refractivity contribution >= 4 is 17.5 Å². The molecule has 0 aliphatic heterocycles. The maximum absolute atomic E-state index is 13.2. The molecule has 152 valence electrons. The monoisotopic (exact) mass is 421 g/mol. The summed E-state index contributed by atoms with van der Waals surface area (Å²) in [6, 6.07) is 14.7. The van der Waals surface area contributed by atoms with Gasteiger partial charge in [-0.3, -0.25) is 4.79 Å². The van der Waals surface area contributed by atoms with Crippen LogP contribution in [0.25, 0.3) is 5.69 Å². The smallest absolute Gasteiger partial charge is 0.347 e. The molecule has 4 nitrogen and oxygen atoms in total. The van der Waals surface area contributed by atoms with E-state index in [1.807, 2.05) is 24.3 Å². The summed E-state index contributed by atoms with van der Waals surface area (Å²) in [6.45, 7) is 4.32. The summed E-state index contributed by atoms with van der Waals surface area (Å²) in [6.07, 6.45) is -4.69. The van der Waals surface area contributed by atoms with Crippen molar-refractivity contribution in [1.82, 2.24) is 15.1 Å². The molecule has 0 saturated heterocycles. The Bertz CT molecular complexity index is 1010. The number of aromatic nitrogens is 2. The molecule has 1 N–H and O–H groups in total. The number of nitrogens with zero attached hydrogens (tertiary/aromatic N) is 2. The van der Waals surface area contributed by atoms with Gasteiger partial charge in [-0.2, -0.15) is 18.3 Å². The molecule has 0 atom stereocenters. The SMILES string of the molecule is CC(C)c1ccc(CNC(=O)c2cc(C(F)(F)F)nn2-c2ccccc2Cl)cc1. The molecule has 0 bridgehead atoms. The van der Waals surface area contributed by atoms with Gasteiger partial charge in [-0.05, 0) is 29.2 Å². The first kappa shape index (κ1) is 20.9. The van der Waals surface area contributed by atoms with Gasteiger partial charge in [0.25, 0.3) is 5.91 Å². The van der Waals surface area contributed by atoms with Gasteiger partial charge in [0.2, 0.25) is 0 Å². The van der Waals surface area contributed by atoms with E-state index in [4.69, 9.17) is 11.6 Å². The third-order valence-corrected chi connectivity index (χ3v) is 4.73. The zero-order chi connectivity index (χ0) is 21.2. The van der Waals surface area contributed by atoms with E-state index >= 15 is 0 Å². The number of hydrogen-bond donors (Lipinski definition) is 1. The van der Waals surface area contributed by atoms with Crippen LogP contribution >= 0.6 is 11.6 Å². The summed E-state index contributed by atoms with van der Waals surface area (Å²) in [7, 11) is 0. The summed E-state index contributed by atoms with van der Waals surface area (Å²) < 4.78 is 40.4. The van der Waals surface area contributed by atoms with Gasteiger partial charge < -0.3 is 5.32 Å². The molecule has 3 rings (SSSR count). The van der Waals surface area contributed by atoms with Gasteiger partial charge in [-0.15, -0.1) is 0 Å². The maximum Gasteiger partial charge on any atom is 0.435 e. The maximum atomic E-state index is 13.2. The summed E-state index contributed by atoms with van der Waals surface area (Å²) in [5.74, 6) is -0.301. The van der Waals surface area contributed by atoms with Crippen molar-refractivity contribution in [3.63, 3.8) is 0 Å². The van der Waals surface area contributed by atoms with Gasteiger partial charge in [0.1, 0.15) is 5.69 Å². The molecular weight excluding hydrogens is 403 g/mol. The molecular formula is C21H19ClF3N3O. The van der Waals surface area contributed by atoms with Crippen LogP contribution < -0.4 is 5.32 Å². The summed E-state index contributed by atoms with van der Waals surface area (Å²) in [5, 5.41) is 6.40. The average molecular weight is 422 g/mol. The van der Waals surface area contributed by atoms with E-state index < -0.39 is 17.8 Å². The predicted molar refractivity (Wildman–Crippen MR) is 105 cm³/mol. The highest BCUT2D eigenvalue weighted by molar-refractivity contribution is 6.32. The lowest BCUT2D eigenvalue weighted by Crippen LogP contribution is -2.25. The summed E-state index contributed by atoms with van der Waals surface area (Å²) in [4.78, 5) is 12.7. The normalized spacial score (nSPS) is 11.7. The standard InChI is InChI=1S/C21H19ClF3N3O/c1-13(2)15-9-7-14(8-10-15)12-26-20(29)18-11-19(21(23,24)25)27-28(18)17-6-4-3-5-16(17)22/h3-11,13H,12H2,1-2H3,(H,26,29). The molecule has 29 heavy (non-hydrogen) atoms. The van der Waals surface area contributed by atoms with E-state index in [-0.39, 0.29) is 22.9 Å². The number of alkyl halides is 3. The Morgan fingerprint density at radius 1 is 1.14 bits per heavy atom. The van der Waals surface area contributed by atoms with Crippen LogP contribution in [0.4, 0.5) is 13.2 Å². The van der Waals surface area contributed by atoms with Crippen molar-refractivity contribution in [2.75, 3.05) is 0 Å². The third kappa shape index (κ3) is 4.79. The van der Waals surface area contributed by atoms with E-state index in [2.05, 4.69) is 24.3 Å². The fourth-order valence-corrected chi connectivity index (χ4v) is 3.00. The summed E-state index contributed by atoms with van der Waals surface area (Å²) in [5.41, 5.74) is 0.776. The zero-order valence-corrected chi connectivity index (χ0v) is 16.6. The van der Waals surface area contributed by atoms with Gasteiger partial charge in [0.05, 0.1) is 10.7 Å². The number of carbonyl (C=O) groups is 1. The molecule has 1 amide bonds. The first-order chi connectivity index (χ1) is 13.7. The summed E-state index contributed by atoms with van der Waals surface area (Å²) >= 11 is 6.10. The predicted octanol–water partition coefficient (Wildman–Crippen LogP) is 5.60. The highest BCUT2D eigenvalue weighted by Crippen LogP contribution is 2.31. The molecule has 8 heteroatoms. The lowest BCUT2D eigenvalue weighted by atomic mass is 10.0. The second-order valence-corrected chi connectivity index (χ2v) is 7.26. The van der Waals surface area contributed by atoms with Gasteiger partial charge >= 0.3 is 6.18 Å². The molecule has 1 heterocycles. The molecule has 3 aromatic rings. The molecule has 0 saturated carbocycles. The van der Waals surface area contributed by atoms with Crippen LogP contribution in [0.5, 0.6) is 0 Å². The van der Waals surface area contributed by atoms with Crippen LogP contribution in [-0.2, 0) is 12.7 Å². The van der Waals surface area contributed by atoms with E-state index in [1.165, 1.54) is 12.1 Å². The minimum absolute atomic E-state index is 0.173. The highest BCUT2D eigenvalue weighted by atomic mass is 35.5. The number of benzene rings is 2. The third-order valence-electron chi connectivity index (χ3n) is 4.41. The minimum Gasteiger partial charge on any atom is -0.347 e. The van der Waals surface area contributed by atoms with Crippen molar-refractivity contribution in [2.24, 2.45) is 0 Å². The van der Waals surface area contributed by atoms with Crippen molar-refractivity contribution in [1.29, 1.82) is 0 Å². The average Bonchev–Trinajstić information content (AvgIpc) is 3.12. The van der Waals surface area contributed by atoms with Crippen LogP contribution in [0.2, 0.25) is 5.02 Å². The van der Waals surface area contributed by atoms with Crippen molar-refractivity contribution in [3.05, 3.63) is 82.1 Å². The molecule has 0 radical (unpaired) electrons. The minimum atomic E-state index is -4.69. The van der Waals surface area contributed by atoms with Crippen LogP contribution in [0.3, 0.4) is 0 Å². The van der Waals surface area contributed by atoms with Crippen molar-refractivity contribution < 1.29 is 18.0 Å². The second-order valence-electron chi connectivity index (χ2n) is 6.85. The van der Waals surface area contributed by atoms with Gasteiger partial charge in [0.15, 0.2) is 5.69 Å². The van der Waals surface area contributed by atoms with E-state index in [0.29, 0.717) is 5.92 Å². The van der Waals surface area contributed by atoms with E-state index in [1.54, 1.807) is 12.1 Å².